The van der Waals surface area contributed by atoms with E-state index >= 15 is 0 Å². The second-order valence-electron chi connectivity index (χ2n) is 5.48. The lowest BCUT2D eigenvalue weighted by Gasteiger charge is -2.18. The number of aliphatic hydroxyl groups excluding tert-OH is 1. The van der Waals surface area contributed by atoms with Gasteiger partial charge >= 0.3 is 0 Å². The van der Waals surface area contributed by atoms with Crippen LogP contribution in [0.1, 0.15) is 12.5 Å². The summed E-state index contributed by atoms with van der Waals surface area (Å²) in [5.74, 6) is -0.305. The highest BCUT2D eigenvalue weighted by atomic mass is 16.4. The van der Waals surface area contributed by atoms with Crippen LogP contribution in [-0.4, -0.2) is 41.4 Å². The first-order valence-corrected chi connectivity index (χ1v) is 6.25. The van der Waals surface area contributed by atoms with E-state index in [1.807, 2.05) is 0 Å². The van der Waals surface area contributed by atoms with Crippen LogP contribution in [0.4, 0.5) is 5.95 Å². The molecular weight excluding hydrogens is 262 g/mol. The number of anilines is 1. The Morgan fingerprint density at radius 2 is 2.35 bits per heavy atom. The summed E-state index contributed by atoms with van der Waals surface area (Å²) in [5.41, 5.74) is 5.32. The summed E-state index contributed by atoms with van der Waals surface area (Å²) in [4.78, 5) is 22.2. The molecule has 4 rings (SSSR count). The van der Waals surface area contributed by atoms with Crippen molar-refractivity contribution in [1.29, 1.82) is 0 Å². The number of hydrogen-bond donors (Lipinski definition) is 4. The van der Waals surface area contributed by atoms with Gasteiger partial charge in [-0.05, 0) is 5.57 Å². The normalized spacial score (nSPS) is 35.5. The summed E-state index contributed by atoms with van der Waals surface area (Å²) in [6.45, 7) is 3.95. The zero-order valence-electron chi connectivity index (χ0n) is 10.4. The number of imidazole rings is 1. The van der Waals surface area contributed by atoms with E-state index in [0.29, 0.717) is 12.1 Å². The number of aromatic nitrogens is 4. The molecule has 0 aliphatic heterocycles. The van der Waals surface area contributed by atoms with Crippen LogP contribution in [0.2, 0.25) is 0 Å². The largest absolute Gasteiger partial charge is 0.389 e. The van der Waals surface area contributed by atoms with Gasteiger partial charge in [-0.3, -0.25) is 9.78 Å². The van der Waals surface area contributed by atoms with Crippen molar-refractivity contribution in [2.24, 2.45) is 5.92 Å². The summed E-state index contributed by atoms with van der Waals surface area (Å²) in [6.07, 6.45) is 1.07. The molecule has 4 atom stereocenters. The van der Waals surface area contributed by atoms with E-state index in [1.165, 1.54) is 6.33 Å². The minimum atomic E-state index is -1.11. The number of aromatic amines is 1. The quantitative estimate of drug-likeness (QED) is 0.490. The Kier molecular flexibility index (Phi) is 1.90. The Bertz CT molecular complexity index is 809. The molecule has 2 heterocycles. The molecule has 0 aromatic carbocycles. The van der Waals surface area contributed by atoms with Crippen LogP contribution in [0.5, 0.6) is 0 Å². The molecule has 8 nitrogen and oxygen atoms in total. The van der Waals surface area contributed by atoms with Gasteiger partial charge in [-0.1, -0.05) is 6.58 Å². The van der Waals surface area contributed by atoms with Crippen molar-refractivity contribution in [3.8, 4) is 0 Å². The third-order valence-electron chi connectivity index (χ3n) is 4.39. The molecular formula is C12H13N5O3. The van der Waals surface area contributed by atoms with Crippen LogP contribution in [0.3, 0.4) is 0 Å². The standard InChI is InChI=1S/C12H13N5O3/c1-4-5(2-12(20)6(4)8(12)18)17-3-14-7-9(17)15-11(13)16-10(7)19/h3,5-6,8,18,20H,1-2H2,(H3,13,15,16,19)/t5-,6+,8?,12-/m0/s1. The van der Waals surface area contributed by atoms with Crippen LogP contribution in [0.15, 0.2) is 23.3 Å². The molecule has 8 heteroatoms. The number of nitrogen functional groups attached to an aromatic ring is 1. The zero-order chi connectivity index (χ0) is 14.2. The number of nitrogens with two attached hydrogens (primary N) is 1. The van der Waals surface area contributed by atoms with Gasteiger partial charge in [-0.2, -0.15) is 4.98 Å². The highest BCUT2D eigenvalue weighted by Crippen LogP contribution is 2.62. The lowest BCUT2D eigenvalue weighted by atomic mass is 10.1. The van der Waals surface area contributed by atoms with E-state index in [-0.39, 0.29) is 23.4 Å². The molecule has 2 fully saturated rings. The van der Waals surface area contributed by atoms with E-state index in [0.717, 1.165) is 5.57 Å². The van der Waals surface area contributed by atoms with Gasteiger partial charge in [-0.15, -0.1) is 0 Å². The topological polar surface area (TPSA) is 130 Å². The highest BCUT2D eigenvalue weighted by molar-refractivity contribution is 5.71. The van der Waals surface area contributed by atoms with Crippen LogP contribution >= 0.6 is 0 Å². The Labute approximate surface area is 112 Å². The van der Waals surface area contributed by atoms with Gasteiger partial charge in [0.2, 0.25) is 5.95 Å². The van der Waals surface area contributed by atoms with Gasteiger partial charge in [0.15, 0.2) is 11.2 Å². The first-order valence-electron chi connectivity index (χ1n) is 6.25. The molecule has 1 unspecified atom stereocenters. The minimum Gasteiger partial charge on any atom is -0.389 e. The summed E-state index contributed by atoms with van der Waals surface area (Å²) in [5, 5.41) is 19.9. The van der Waals surface area contributed by atoms with Crippen molar-refractivity contribution < 1.29 is 10.2 Å². The molecule has 104 valence electrons. The Morgan fingerprint density at radius 1 is 1.60 bits per heavy atom. The van der Waals surface area contributed by atoms with Crippen molar-refractivity contribution in [3.05, 3.63) is 28.8 Å². The fourth-order valence-corrected chi connectivity index (χ4v) is 3.27. The fraction of sp³-hybridized carbons (Fsp3) is 0.417. The average Bonchev–Trinajstić information content (AvgIpc) is 2.72. The lowest BCUT2D eigenvalue weighted by Crippen LogP contribution is -2.19. The monoisotopic (exact) mass is 275 g/mol. The predicted octanol–water partition coefficient (Wildman–Crippen LogP) is -1.08. The molecule has 2 aromatic heterocycles. The third-order valence-corrected chi connectivity index (χ3v) is 4.39. The molecule has 0 amide bonds. The minimum absolute atomic E-state index is 0.0109. The molecule has 0 spiro atoms. The smallest absolute Gasteiger partial charge is 0.280 e. The maximum Gasteiger partial charge on any atom is 0.280 e. The van der Waals surface area contributed by atoms with Gasteiger partial charge in [-0.25, -0.2) is 4.98 Å². The number of rotatable bonds is 1. The van der Waals surface area contributed by atoms with E-state index in [2.05, 4.69) is 21.5 Å². The maximum atomic E-state index is 11.7. The molecule has 0 bridgehead atoms. The second kappa shape index (κ2) is 3.28. The van der Waals surface area contributed by atoms with Crippen LogP contribution in [0.25, 0.3) is 11.2 Å². The van der Waals surface area contributed by atoms with Crippen LogP contribution in [0, 0.1) is 5.92 Å². The van der Waals surface area contributed by atoms with Gasteiger partial charge in [0.1, 0.15) is 5.60 Å². The van der Waals surface area contributed by atoms with Crippen LogP contribution < -0.4 is 11.3 Å². The van der Waals surface area contributed by atoms with Crippen molar-refractivity contribution >= 4 is 17.1 Å². The van der Waals surface area contributed by atoms with Gasteiger partial charge in [0.05, 0.1) is 18.5 Å². The number of fused-ring (bicyclic) bond motifs is 2. The summed E-state index contributed by atoms with van der Waals surface area (Å²) >= 11 is 0. The summed E-state index contributed by atoms with van der Waals surface area (Å²) in [6, 6.07) is -0.243. The van der Waals surface area contributed by atoms with Crippen molar-refractivity contribution in [2.75, 3.05) is 5.73 Å². The number of nitrogens with one attached hydrogen (secondary N) is 1. The van der Waals surface area contributed by atoms with E-state index in [1.54, 1.807) is 4.57 Å². The van der Waals surface area contributed by atoms with Gasteiger partial charge < -0.3 is 20.5 Å². The Morgan fingerprint density at radius 3 is 3.00 bits per heavy atom. The molecule has 2 aliphatic rings. The first kappa shape index (κ1) is 11.6. The maximum absolute atomic E-state index is 11.7. The highest BCUT2D eigenvalue weighted by Gasteiger charge is 2.71. The van der Waals surface area contributed by atoms with Crippen molar-refractivity contribution in [3.63, 3.8) is 0 Å². The average molecular weight is 275 g/mol. The van der Waals surface area contributed by atoms with E-state index < -0.39 is 17.3 Å². The van der Waals surface area contributed by atoms with Crippen LogP contribution in [-0.2, 0) is 0 Å². The number of H-pyrrole nitrogens is 1. The molecule has 2 aromatic rings. The number of nitrogens with zero attached hydrogens (tertiary/aromatic N) is 3. The third kappa shape index (κ3) is 1.20. The molecule has 20 heavy (non-hydrogen) atoms. The fourth-order valence-electron chi connectivity index (χ4n) is 3.27. The summed E-state index contributed by atoms with van der Waals surface area (Å²) in [7, 11) is 0. The van der Waals surface area contributed by atoms with Gasteiger partial charge in [0, 0.05) is 12.3 Å². The molecule has 2 saturated carbocycles. The Balaban J connectivity index is 1.85. The molecule has 5 N–H and O–H groups in total. The SMILES string of the molecule is C=C1[C@@H]2C(O)[C@]2(O)C[C@@H]1n1cnc2c(=O)[nH]c(N)nc21. The second-order valence-corrected chi connectivity index (χ2v) is 5.48. The van der Waals surface area contributed by atoms with E-state index in [9.17, 15) is 15.0 Å². The van der Waals surface area contributed by atoms with Gasteiger partial charge in [0.25, 0.3) is 5.56 Å². The van der Waals surface area contributed by atoms with E-state index in [4.69, 9.17) is 5.73 Å². The lowest BCUT2D eigenvalue weighted by molar-refractivity contribution is 0.0746. The number of aliphatic hydroxyl groups is 2. The van der Waals surface area contributed by atoms with Crippen molar-refractivity contribution in [2.45, 2.75) is 24.2 Å². The molecule has 0 saturated heterocycles. The molecule has 0 radical (unpaired) electrons. The zero-order valence-corrected chi connectivity index (χ0v) is 10.4. The Hall–Kier alpha value is -2.19. The molecule has 2 aliphatic carbocycles. The van der Waals surface area contributed by atoms with Crippen molar-refractivity contribution in [1.82, 2.24) is 19.5 Å². The predicted molar refractivity (Wildman–Crippen MR) is 69.8 cm³/mol. The number of hydrogen-bond acceptors (Lipinski definition) is 6. The first-order chi connectivity index (χ1) is 9.43. The summed E-state index contributed by atoms with van der Waals surface area (Å²) < 4.78 is 1.68.